The molecule has 2 aromatic carbocycles. The maximum atomic E-state index is 13.2. The lowest BCUT2D eigenvalue weighted by Crippen LogP contribution is -2.17. The Kier molecular flexibility index (Phi) is 5.21. The molecule has 164 valence electrons. The van der Waals surface area contributed by atoms with Crippen molar-refractivity contribution in [1.82, 2.24) is 14.6 Å². The summed E-state index contributed by atoms with van der Waals surface area (Å²) in [5.41, 5.74) is -0.270. The summed E-state index contributed by atoms with van der Waals surface area (Å²) in [5, 5.41) is 16.3. The Labute approximate surface area is 181 Å². The molecule has 2 aromatic heterocycles. The number of aliphatic hydroxyl groups is 1. The summed E-state index contributed by atoms with van der Waals surface area (Å²) in [6.07, 6.45) is -4.63. The van der Waals surface area contributed by atoms with E-state index < -0.39 is 23.4 Å². The zero-order valence-corrected chi connectivity index (χ0v) is 17.2. The van der Waals surface area contributed by atoms with E-state index >= 15 is 0 Å². The van der Waals surface area contributed by atoms with E-state index in [9.17, 15) is 23.1 Å². The van der Waals surface area contributed by atoms with Gasteiger partial charge in [-0.25, -0.2) is 9.50 Å². The van der Waals surface area contributed by atoms with E-state index in [-0.39, 0.29) is 11.5 Å². The molecular weight excluding hydrogens is 421 g/mol. The van der Waals surface area contributed by atoms with Gasteiger partial charge < -0.3 is 10.4 Å². The highest BCUT2D eigenvalue weighted by Crippen LogP contribution is 2.31. The number of hydrogen-bond donors (Lipinski definition) is 2. The maximum absolute atomic E-state index is 13.2. The summed E-state index contributed by atoms with van der Waals surface area (Å²) in [4.78, 5) is 16.9. The second-order valence-corrected chi connectivity index (χ2v) is 7.78. The van der Waals surface area contributed by atoms with Crippen LogP contribution in [0.3, 0.4) is 0 Å². The molecule has 9 heteroatoms. The summed E-state index contributed by atoms with van der Waals surface area (Å²) in [5.74, 6) is -0.403. The third-order valence-corrected chi connectivity index (χ3v) is 4.88. The molecule has 1 amide bonds. The predicted molar refractivity (Wildman–Crippen MR) is 113 cm³/mol. The topological polar surface area (TPSA) is 79.5 Å². The van der Waals surface area contributed by atoms with Gasteiger partial charge in [0, 0.05) is 23.3 Å². The molecule has 0 saturated heterocycles. The molecule has 0 radical (unpaired) electrons. The van der Waals surface area contributed by atoms with E-state index in [1.165, 1.54) is 6.07 Å². The van der Waals surface area contributed by atoms with Crippen LogP contribution in [-0.2, 0) is 11.8 Å². The Hall–Kier alpha value is -3.72. The minimum atomic E-state index is -4.63. The fraction of sp³-hybridized carbons (Fsp3) is 0.174. The smallest absolute Gasteiger partial charge is 0.386 e. The number of halogens is 3. The number of carbonyl (C=O) groups excluding carboxylic acids is 1. The van der Waals surface area contributed by atoms with Crippen molar-refractivity contribution in [2.45, 2.75) is 25.6 Å². The van der Waals surface area contributed by atoms with Crippen LogP contribution in [0.1, 0.15) is 35.5 Å². The Bertz CT molecular complexity index is 1280. The van der Waals surface area contributed by atoms with Gasteiger partial charge >= 0.3 is 6.18 Å². The number of alkyl halides is 3. The van der Waals surface area contributed by atoms with Gasteiger partial charge in [0.15, 0.2) is 11.3 Å². The number of amides is 1. The highest BCUT2D eigenvalue weighted by Gasteiger charge is 2.34. The molecule has 2 N–H and O–H groups in total. The number of rotatable bonds is 4. The SMILES string of the molecule is CC(C)(O)c1ccc(C(=O)Nc2cc(-c3ccccc3)n3nc(C(F)(F)F)cc3n2)cc1. The number of fused-ring (bicyclic) bond motifs is 1. The molecule has 6 nitrogen and oxygen atoms in total. The molecule has 0 bridgehead atoms. The fourth-order valence-corrected chi connectivity index (χ4v) is 3.21. The van der Waals surface area contributed by atoms with Crippen LogP contribution in [-0.4, -0.2) is 25.6 Å². The lowest BCUT2D eigenvalue weighted by atomic mass is 9.97. The summed E-state index contributed by atoms with van der Waals surface area (Å²) in [6.45, 7) is 3.26. The number of anilines is 1. The summed E-state index contributed by atoms with van der Waals surface area (Å²) in [6, 6.07) is 17.4. The zero-order chi connectivity index (χ0) is 23.1. The van der Waals surface area contributed by atoms with Crippen molar-refractivity contribution in [1.29, 1.82) is 0 Å². The van der Waals surface area contributed by atoms with Crippen LogP contribution in [0.25, 0.3) is 16.9 Å². The first-order valence-electron chi connectivity index (χ1n) is 9.70. The molecule has 0 fully saturated rings. The normalized spacial score (nSPS) is 12.2. The molecular formula is C23H19F3N4O2. The molecule has 4 rings (SSSR count). The molecule has 0 aliphatic rings. The Morgan fingerprint density at radius 1 is 1.00 bits per heavy atom. The second kappa shape index (κ2) is 7.76. The third-order valence-electron chi connectivity index (χ3n) is 4.88. The molecule has 0 spiro atoms. The van der Waals surface area contributed by atoms with Crippen LogP contribution in [0.15, 0.2) is 66.7 Å². The van der Waals surface area contributed by atoms with Gasteiger partial charge in [0.25, 0.3) is 5.91 Å². The molecule has 0 saturated carbocycles. The van der Waals surface area contributed by atoms with Crippen molar-refractivity contribution >= 4 is 17.4 Å². The maximum Gasteiger partial charge on any atom is 0.435 e. The average Bonchev–Trinajstić information content (AvgIpc) is 3.18. The van der Waals surface area contributed by atoms with E-state index in [0.717, 1.165) is 10.6 Å². The van der Waals surface area contributed by atoms with Crippen molar-refractivity contribution in [3.05, 3.63) is 83.6 Å². The Morgan fingerprint density at radius 3 is 2.25 bits per heavy atom. The van der Waals surface area contributed by atoms with Crippen molar-refractivity contribution in [2.24, 2.45) is 0 Å². The van der Waals surface area contributed by atoms with Gasteiger partial charge in [-0.2, -0.15) is 18.3 Å². The Morgan fingerprint density at radius 2 is 1.66 bits per heavy atom. The Balaban J connectivity index is 1.73. The van der Waals surface area contributed by atoms with Crippen molar-refractivity contribution in [2.75, 3.05) is 5.32 Å². The quantitative estimate of drug-likeness (QED) is 0.473. The highest BCUT2D eigenvalue weighted by molar-refractivity contribution is 6.04. The van der Waals surface area contributed by atoms with E-state index in [2.05, 4.69) is 15.4 Å². The molecule has 2 heterocycles. The van der Waals surface area contributed by atoms with Crippen molar-refractivity contribution in [3.8, 4) is 11.3 Å². The number of nitrogens with zero attached hydrogens (tertiary/aromatic N) is 3. The molecule has 32 heavy (non-hydrogen) atoms. The highest BCUT2D eigenvalue weighted by atomic mass is 19.4. The molecule has 0 aliphatic heterocycles. The van der Waals surface area contributed by atoms with Crippen LogP contribution < -0.4 is 5.32 Å². The van der Waals surface area contributed by atoms with E-state index in [0.29, 0.717) is 22.4 Å². The summed E-state index contributed by atoms with van der Waals surface area (Å²) in [7, 11) is 0. The first kappa shape index (κ1) is 21.5. The number of benzene rings is 2. The largest absolute Gasteiger partial charge is 0.435 e. The third kappa shape index (κ3) is 4.33. The van der Waals surface area contributed by atoms with Gasteiger partial charge in [0.05, 0.1) is 11.3 Å². The van der Waals surface area contributed by atoms with Gasteiger partial charge in [-0.15, -0.1) is 0 Å². The van der Waals surface area contributed by atoms with Crippen LogP contribution in [0.4, 0.5) is 19.0 Å². The van der Waals surface area contributed by atoms with Gasteiger partial charge in [-0.05, 0) is 31.5 Å². The van der Waals surface area contributed by atoms with Gasteiger partial charge in [-0.1, -0.05) is 42.5 Å². The van der Waals surface area contributed by atoms with E-state index in [1.54, 1.807) is 68.4 Å². The molecule has 4 aromatic rings. The lowest BCUT2D eigenvalue weighted by molar-refractivity contribution is -0.141. The summed E-state index contributed by atoms with van der Waals surface area (Å²) >= 11 is 0. The lowest BCUT2D eigenvalue weighted by Gasteiger charge is -2.17. The number of hydrogen-bond acceptors (Lipinski definition) is 4. The fourth-order valence-electron chi connectivity index (χ4n) is 3.21. The monoisotopic (exact) mass is 440 g/mol. The van der Waals surface area contributed by atoms with Crippen molar-refractivity contribution in [3.63, 3.8) is 0 Å². The van der Waals surface area contributed by atoms with Crippen LogP contribution in [0, 0.1) is 0 Å². The second-order valence-electron chi connectivity index (χ2n) is 7.78. The van der Waals surface area contributed by atoms with Crippen LogP contribution in [0.5, 0.6) is 0 Å². The van der Waals surface area contributed by atoms with E-state index in [4.69, 9.17) is 0 Å². The van der Waals surface area contributed by atoms with Crippen LogP contribution >= 0.6 is 0 Å². The zero-order valence-electron chi connectivity index (χ0n) is 17.2. The van der Waals surface area contributed by atoms with E-state index in [1.807, 2.05) is 0 Å². The van der Waals surface area contributed by atoms with Gasteiger partial charge in [-0.3, -0.25) is 4.79 Å². The number of nitrogens with one attached hydrogen (secondary N) is 1. The first-order valence-corrected chi connectivity index (χ1v) is 9.70. The minimum Gasteiger partial charge on any atom is -0.386 e. The number of aromatic nitrogens is 3. The summed E-state index contributed by atoms with van der Waals surface area (Å²) < 4.78 is 40.8. The first-order chi connectivity index (χ1) is 15.0. The minimum absolute atomic E-state index is 0.0497. The molecule has 0 aliphatic carbocycles. The number of carbonyl (C=O) groups is 1. The predicted octanol–water partition coefficient (Wildman–Crippen LogP) is 4.89. The molecule has 0 atom stereocenters. The van der Waals surface area contributed by atoms with Gasteiger partial charge in [0.1, 0.15) is 5.82 Å². The standard InChI is InChI=1S/C23H19F3N4O2/c1-22(2,32)16-10-8-15(9-11-16)21(31)28-19-12-17(14-6-4-3-5-7-14)30-20(27-19)13-18(29-30)23(24,25)26/h3-13,32H,1-2H3,(H,27,28,31). The van der Waals surface area contributed by atoms with Gasteiger partial charge in [0.2, 0.25) is 0 Å². The van der Waals surface area contributed by atoms with Crippen molar-refractivity contribution < 1.29 is 23.1 Å². The van der Waals surface area contributed by atoms with Crippen LogP contribution in [0.2, 0.25) is 0 Å². The molecule has 0 unspecified atom stereocenters. The average molecular weight is 440 g/mol.